The quantitative estimate of drug-likeness (QED) is 0.502. The van der Waals surface area contributed by atoms with E-state index in [1.54, 1.807) is 66.2 Å². The maximum Gasteiger partial charge on any atom is 0.330 e. The van der Waals surface area contributed by atoms with Crippen molar-refractivity contribution in [1.29, 1.82) is 0 Å². The lowest BCUT2D eigenvalue weighted by Gasteiger charge is -2.22. The van der Waals surface area contributed by atoms with Gasteiger partial charge in [-0.2, -0.15) is 0 Å². The Labute approximate surface area is 220 Å². The Morgan fingerprint density at radius 1 is 0.921 bits per heavy atom. The summed E-state index contributed by atoms with van der Waals surface area (Å²) in [5, 5.41) is 0. The second-order valence-electron chi connectivity index (χ2n) is 9.65. The average molecular weight is 512 g/mol. The first-order valence-corrected chi connectivity index (χ1v) is 12.7. The van der Waals surface area contributed by atoms with E-state index in [0.29, 0.717) is 42.3 Å². The second kappa shape index (κ2) is 9.74. The van der Waals surface area contributed by atoms with Gasteiger partial charge in [-0.1, -0.05) is 39.0 Å². The molecule has 5 amide bonds. The van der Waals surface area contributed by atoms with Gasteiger partial charge in [-0.25, -0.2) is 9.78 Å². The molecular weight excluding hydrogens is 482 g/mol. The predicted molar refractivity (Wildman–Crippen MR) is 145 cm³/mol. The number of primary amides is 1. The highest BCUT2D eigenvalue weighted by Gasteiger charge is 2.43. The van der Waals surface area contributed by atoms with E-state index in [-0.39, 0.29) is 29.7 Å². The van der Waals surface area contributed by atoms with Crippen molar-refractivity contribution < 1.29 is 19.2 Å². The molecule has 0 unspecified atom stereocenters. The van der Waals surface area contributed by atoms with E-state index in [1.165, 1.54) is 4.90 Å². The van der Waals surface area contributed by atoms with Gasteiger partial charge in [0.25, 0.3) is 0 Å². The fourth-order valence-corrected chi connectivity index (χ4v) is 5.12. The van der Waals surface area contributed by atoms with Crippen LogP contribution in [0.5, 0.6) is 0 Å². The van der Waals surface area contributed by atoms with Crippen molar-refractivity contribution >= 4 is 40.9 Å². The molecule has 0 spiro atoms. The summed E-state index contributed by atoms with van der Waals surface area (Å²) < 4.78 is 0. The Morgan fingerprint density at radius 2 is 1.58 bits per heavy atom. The van der Waals surface area contributed by atoms with Gasteiger partial charge in [-0.15, -0.1) is 0 Å². The summed E-state index contributed by atoms with van der Waals surface area (Å²) in [6.45, 7) is 6.45. The number of hydrogen-bond donors (Lipinski definition) is 1. The highest BCUT2D eigenvalue weighted by Crippen LogP contribution is 2.35. The van der Waals surface area contributed by atoms with Crippen molar-refractivity contribution in [1.82, 2.24) is 4.98 Å². The molecule has 0 saturated carbocycles. The van der Waals surface area contributed by atoms with E-state index in [2.05, 4.69) is 4.98 Å². The molecule has 2 N–H and O–H groups in total. The molecular formula is C29H29N5O4. The highest BCUT2D eigenvalue weighted by molar-refractivity contribution is 6.21. The molecule has 3 heterocycles. The summed E-state index contributed by atoms with van der Waals surface area (Å²) in [7, 11) is 0. The Hall–Kier alpha value is -4.53. The van der Waals surface area contributed by atoms with Crippen molar-refractivity contribution in [2.24, 2.45) is 17.6 Å². The fourth-order valence-electron chi connectivity index (χ4n) is 5.12. The third kappa shape index (κ3) is 4.09. The predicted octanol–water partition coefficient (Wildman–Crippen LogP) is 4.00. The van der Waals surface area contributed by atoms with Crippen LogP contribution in [-0.2, 0) is 16.0 Å². The second-order valence-corrected chi connectivity index (χ2v) is 9.65. The van der Waals surface area contributed by atoms with Crippen LogP contribution < -0.4 is 20.4 Å². The smallest absolute Gasteiger partial charge is 0.330 e. The number of benzene rings is 2. The van der Waals surface area contributed by atoms with Crippen molar-refractivity contribution in [3.05, 3.63) is 71.9 Å². The van der Waals surface area contributed by atoms with Gasteiger partial charge in [0.05, 0.1) is 5.69 Å². The number of rotatable bonds is 6. The SMILES string of the molecule is CCc1c(-c2ccc(N3C(=O)[C@@H](C)[C@@H](C)C3=O)cc2)ccnc1N1CCN(c2cccc(C(N)=O)c2)C1=O. The van der Waals surface area contributed by atoms with Gasteiger partial charge in [-0.05, 0) is 53.9 Å². The molecule has 1 aromatic heterocycles. The third-order valence-corrected chi connectivity index (χ3v) is 7.50. The Bertz CT molecular complexity index is 1430. The van der Waals surface area contributed by atoms with Gasteiger partial charge in [0.2, 0.25) is 17.7 Å². The Balaban J connectivity index is 1.44. The van der Waals surface area contributed by atoms with Gasteiger partial charge >= 0.3 is 6.03 Å². The fraction of sp³-hybridized carbons (Fsp3) is 0.276. The Kier molecular flexibility index (Phi) is 6.44. The van der Waals surface area contributed by atoms with Crippen LogP contribution in [0.15, 0.2) is 60.8 Å². The zero-order valence-corrected chi connectivity index (χ0v) is 21.5. The molecule has 38 heavy (non-hydrogen) atoms. The number of hydrogen-bond acceptors (Lipinski definition) is 5. The Morgan fingerprint density at radius 3 is 2.21 bits per heavy atom. The maximum atomic E-state index is 13.4. The zero-order chi connectivity index (χ0) is 27.1. The molecule has 2 saturated heterocycles. The molecule has 2 fully saturated rings. The van der Waals surface area contributed by atoms with Crippen LogP contribution in [0.25, 0.3) is 11.1 Å². The zero-order valence-electron chi connectivity index (χ0n) is 21.5. The first-order chi connectivity index (χ1) is 18.2. The van der Waals surface area contributed by atoms with Gasteiger partial charge in [-0.3, -0.25) is 29.1 Å². The lowest BCUT2D eigenvalue weighted by atomic mass is 9.98. The highest BCUT2D eigenvalue weighted by atomic mass is 16.2. The van der Waals surface area contributed by atoms with E-state index in [1.807, 2.05) is 25.1 Å². The summed E-state index contributed by atoms with van der Waals surface area (Å²) >= 11 is 0. The van der Waals surface area contributed by atoms with Crippen LogP contribution in [0.4, 0.5) is 22.0 Å². The summed E-state index contributed by atoms with van der Waals surface area (Å²) in [6.07, 6.45) is 2.32. The van der Waals surface area contributed by atoms with Gasteiger partial charge < -0.3 is 5.73 Å². The molecule has 2 atom stereocenters. The van der Waals surface area contributed by atoms with Gasteiger partial charge in [0.15, 0.2) is 0 Å². The van der Waals surface area contributed by atoms with Crippen molar-refractivity contribution in [3.8, 4) is 11.1 Å². The summed E-state index contributed by atoms with van der Waals surface area (Å²) in [5.41, 5.74) is 9.65. The lowest BCUT2D eigenvalue weighted by molar-refractivity contribution is -0.122. The number of aromatic nitrogens is 1. The summed E-state index contributed by atoms with van der Waals surface area (Å²) in [6, 6.07) is 15.7. The number of carbonyl (C=O) groups is 4. The molecule has 9 heteroatoms. The molecule has 194 valence electrons. The van der Waals surface area contributed by atoms with Gasteiger partial charge in [0, 0.05) is 47.9 Å². The standard InChI is InChI=1S/C29H29N5O4/c1-4-23-24(19-8-10-21(11-9-19)34-27(36)17(2)18(3)28(34)37)12-13-31-26(23)33-15-14-32(29(33)38)22-7-5-6-20(16-22)25(30)35/h5-13,16-18H,4,14-15H2,1-3H3,(H2,30,35)/t17-,18+. The van der Waals surface area contributed by atoms with E-state index in [9.17, 15) is 19.2 Å². The molecule has 0 radical (unpaired) electrons. The van der Waals surface area contributed by atoms with Crippen LogP contribution in [0, 0.1) is 11.8 Å². The monoisotopic (exact) mass is 511 g/mol. The van der Waals surface area contributed by atoms with Crippen molar-refractivity contribution in [2.45, 2.75) is 27.2 Å². The molecule has 0 bridgehead atoms. The van der Waals surface area contributed by atoms with E-state index in [4.69, 9.17) is 5.73 Å². The van der Waals surface area contributed by atoms with Crippen molar-refractivity contribution in [3.63, 3.8) is 0 Å². The van der Waals surface area contributed by atoms with Crippen LogP contribution in [-0.4, -0.2) is 41.8 Å². The minimum absolute atomic E-state index is 0.186. The number of anilines is 3. The normalized spacial score (nSPS) is 19.6. The number of urea groups is 1. The number of imide groups is 1. The van der Waals surface area contributed by atoms with E-state index >= 15 is 0 Å². The maximum absolute atomic E-state index is 13.4. The molecule has 2 aliphatic heterocycles. The minimum atomic E-state index is -0.550. The first kappa shape index (κ1) is 25.1. The molecule has 2 aromatic carbocycles. The average Bonchev–Trinajstić information content (AvgIpc) is 3.40. The van der Waals surface area contributed by atoms with E-state index < -0.39 is 5.91 Å². The topological polar surface area (TPSA) is 117 Å². The minimum Gasteiger partial charge on any atom is -0.366 e. The molecule has 9 nitrogen and oxygen atoms in total. The lowest BCUT2D eigenvalue weighted by Crippen LogP contribution is -2.33. The van der Waals surface area contributed by atoms with Crippen LogP contribution >= 0.6 is 0 Å². The number of nitrogens with zero attached hydrogens (tertiary/aromatic N) is 4. The van der Waals surface area contributed by atoms with E-state index in [0.717, 1.165) is 16.7 Å². The van der Waals surface area contributed by atoms with Crippen LogP contribution in [0.3, 0.4) is 0 Å². The van der Waals surface area contributed by atoms with Gasteiger partial charge in [0.1, 0.15) is 5.82 Å². The van der Waals surface area contributed by atoms with Crippen LogP contribution in [0.2, 0.25) is 0 Å². The molecule has 0 aliphatic carbocycles. The number of amides is 5. The molecule has 5 rings (SSSR count). The molecule has 2 aliphatic rings. The number of carbonyl (C=O) groups excluding carboxylic acids is 4. The number of pyridine rings is 1. The third-order valence-electron chi connectivity index (χ3n) is 7.50. The first-order valence-electron chi connectivity index (χ1n) is 12.7. The summed E-state index contributed by atoms with van der Waals surface area (Å²) in [4.78, 5) is 59.4. The largest absolute Gasteiger partial charge is 0.366 e. The number of nitrogens with two attached hydrogens (primary N) is 1. The molecule has 3 aromatic rings. The summed E-state index contributed by atoms with van der Waals surface area (Å²) in [5.74, 6) is -1.02. The van der Waals surface area contributed by atoms with Crippen molar-refractivity contribution in [2.75, 3.05) is 27.8 Å². The van der Waals surface area contributed by atoms with Crippen LogP contribution in [0.1, 0.15) is 36.7 Å².